The summed E-state index contributed by atoms with van der Waals surface area (Å²) in [7, 11) is 1.63. The smallest absolute Gasteiger partial charge is 0.243 e. The third kappa shape index (κ3) is 3.59. The van der Waals surface area contributed by atoms with Crippen molar-refractivity contribution in [2.75, 3.05) is 7.11 Å². The molecule has 1 aliphatic rings. The van der Waals surface area contributed by atoms with Gasteiger partial charge in [-0.05, 0) is 37.0 Å². The predicted octanol–water partition coefficient (Wildman–Crippen LogP) is 3.34. The van der Waals surface area contributed by atoms with Gasteiger partial charge in [0.1, 0.15) is 5.75 Å². The SMILES string of the molecule is COc1cccc(/C(C)=N\NC(=O)[C@H]2C[C@H]2c2ccccc2)c1. The number of benzene rings is 2. The molecule has 1 N–H and O–H groups in total. The first kappa shape index (κ1) is 15.3. The normalized spacial score (nSPS) is 20.0. The van der Waals surface area contributed by atoms with Crippen molar-refractivity contribution in [3.63, 3.8) is 0 Å². The number of carbonyl (C=O) groups is 1. The Bertz CT molecular complexity index is 725. The van der Waals surface area contributed by atoms with Gasteiger partial charge in [-0.25, -0.2) is 5.43 Å². The van der Waals surface area contributed by atoms with Crippen molar-refractivity contribution < 1.29 is 9.53 Å². The molecule has 0 saturated heterocycles. The van der Waals surface area contributed by atoms with E-state index in [0.29, 0.717) is 5.92 Å². The summed E-state index contributed by atoms with van der Waals surface area (Å²) in [5.41, 5.74) is 5.60. The fraction of sp³-hybridized carbons (Fsp3) is 0.263. The highest BCUT2D eigenvalue weighted by Gasteiger charge is 2.43. The molecule has 118 valence electrons. The summed E-state index contributed by atoms with van der Waals surface area (Å²) < 4.78 is 5.20. The molecule has 1 saturated carbocycles. The van der Waals surface area contributed by atoms with Gasteiger partial charge in [0.2, 0.25) is 5.91 Å². The molecule has 0 unspecified atom stereocenters. The Morgan fingerprint density at radius 1 is 1.17 bits per heavy atom. The summed E-state index contributed by atoms with van der Waals surface area (Å²) in [6, 6.07) is 17.8. The fourth-order valence-electron chi connectivity index (χ4n) is 2.69. The zero-order valence-electron chi connectivity index (χ0n) is 13.3. The van der Waals surface area contributed by atoms with E-state index in [4.69, 9.17) is 4.74 Å². The highest BCUT2D eigenvalue weighted by Crippen LogP contribution is 2.47. The fourth-order valence-corrected chi connectivity index (χ4v) is 2.69. The molecule has 2 atom stereocenters. The number of carbonyl (C=O) groups excluding carboxylic acids is 1. The van der Waals surface area contributed by atoms with Crippen molar-refractivity contribution in [3.05, 3.63) is 65.7 Å². The van der Waals surface area contributed by atoms with Crippen molar-refractivity contribution in [1.29, 1.82) is 0 Å². The van der Waals surface area contributed by atoms with Gasteiger partial charge in [-0.1, -0.05) is 42.5 Å². The van der Waals surface area contributed by atoms with E-state index in [1.165, 1.54) is 5.56 Å². The number of nitrogens with zero attached hydrogens (tertiary/aromatic N) is 1. The van der Waals surface area contributed by atoms with E-state index in [1.54, 1.807) is 7.11 Å². The second kappa shape index (κ2) is 6.65. The molecule has 0 radical (unpaired) electrons. The van der Waals surface area contributed by atoms with Gasteiger partial charge in [0.25, 0.3) is 0 Å². The summed E-state index contributed by atoms with van der Waals surface area (Å²) in [5, 5.41) is 4.22. The summed E-state index contributed by atoms with van der Waals surface area (Å²) in [6.07, 6.45) is 0.892. The second-order valence-corrected chi connectivity index (χ2v) is 5.76. The Kier molecular flexibility index (Phi) is 4.42. The van der Waals surface area contributed by atoms with Crippen LogP contribution in [0.1, 0.15) is 30.4 Å². The molecule has 1 aliphatic carbocycles. The number of amides is 1. The lowest BCUT2D eigenvalue weighted by atomic mass is 10.1. The highest BCUT2D eigenvalue weighted by atomic mass is 16.5. The van der Waals surface area contributed by atoms with Crippen LogP contribution in [0.4, 0.5) is 0 Å². The second-order valence-electron chi connectivity index (χ2n) is 5.76. The lowest BCUT2D eigenvalue weighted by Gasteiger charge is -2.05. The minimum Gasteiger partial charge on any atom is -0.497 e. The molecule has 1 amide bonds. The molecule has 0 spiro atoms. The summed E-state index contributed by atoms with van der Waals surface area (Å²) in [6.45, 7) is 1.87. The van der Waals surface area contributed by atoms with E-state index in [2.05, 4.69) is 22.7 Å². The van der Waals surface area contributed by atoms with Gasteiger partial charge in [-0.2, -0.15) is 5.10 Å². The number of ether oxygens (including phenoxy) is 1. The van der Waals surface area contributed by atoms with Crippen LogP contribution in [0.25, 0.3) is 0 Å². The standard InChI is InChI=1S/C19H20N2O2/c1-13(15-9-6-10-16(11-15)23-2)20-21-19(22)18-12-17(18)14-7-4-3-5-8-14/h3-11,17-18H,12H2,1-2H3,(H,21,22)/b20-13-/t17-,18-/m0/s1. The first-order chi connectivity index (χ1) is 11.2. The van der Waals surface area contributed by atoms with Gasteiger partial charge >= 0.3 is 0 Å². The maximum absolute atomic E-state index is 12.2. The first-order valence-electron chi connectivity index (χ1n) is 7.72. The van der Waals surface area contributed by atoms with Crippen molar-refractivity contribution in [3.8, 4) is 5.75 Å². The van der Waals surface area contributed by atoms with Crippen LogP contribution in [-0.4, -0.2) is 18.7 Å². The predicted molar refractivity (Wildman–Crippen MR) is 90.6 cm³/mol. The minimum atomic E-state index is -0.0129. The molecule has 2 aromatic rings. The van der Waals surface area contributed by atoms with Crippen LogP contribution >= 0.6 is 0 Å². The van der Waals surface area contributed by atoms with Crippen LogP contribution in [-0.2, 0) is 4.79 Å². The quantitative estimate of drug-likeness (QED) is 0.680. The molecule has 2 aromatic carbocycles. The largest absolute Gasteiger partial charge is 0.497 e. The molecule has 23 heavy (non-hydrogen) atoms. The van der Waals surface area contributed by atoms with Crippen LogP contribution in [0.2, 0.25) is 0 Å². The van der Waals surface area contributed by atoms with Crippen molar-refractivity contribution in [1.82, 2.24) is 5.43 Å². The van der Waals surface area contributed by atoms with Gasteiger partial charge in [0.15, 0.2) is 0 Å². The monoisotopic (exact) mass is 308 g/mol. The average molecular weight is 308 g/mol. The topological polar surface area (TPSA) is 50.7 Å². The summed E-state index contributed by atoms with van der Waals surface area (Å²) in [5.74, 6) is 1.11. The number of hydrazone groups is 1. The number of hydrogen-bond donors (Lipinski definition) is 1. The van der Waals surface area contributed by atoms with Crippen LogP contribution in [0.5, 0.6) is 5.75 Å². The van der Waals surface area contributed by atoms with Gasteiger partial charge in [0, 0.05) is 11.5 Å². The van der Waals surface area contributed by atoms with Gasteiger partial charge < -0.3 is 4.74 Å². The summed E-state index contributed by atoms with van der Waals surface area (Å²) in [4.78, 5) is 12.2. The maximum Gasteiger partial charge on any atom is 0.243 e. The van der Waals surface area contributed by atoms with E-state index >= 15 is 0 Å². The Labute approximate surface area is 136 Å². The lowest BCUT2D eigenvalue weighted by Crippen LogP contribution is -2.21. The van der Waals surface area contributed by atoms with E-state index in [-0.39, 0.29) is 11.8 Å². The van der Waals surface area contributed by atoms with E-state index in [1.807, 2.05) is 49.4 Å². The molecule has 3 rings (SSSR count). The van der Waals surface area contributed by atoms with E-state index in [9.17, 15) is 4.79 Å². The third-order valence-corrected chi connectivity index (χ3v) is 4.18. The van der Waals surface area contributed by atoms with Gasteiger partial charge in [-0.3, -0.25) is 4.79 Å². The van der Waals surface area contributed by atoms with Crippen molar-refractivity contribution in [2.45, 2.75) is 19.3 Å². The number of hydrogen-bond acceptors (Lipinski definition) is 3. The molecular formula is C19H20N2O2. The molecule has 0 aromatic heterocycles. The zero-order chi connectivity index (χ0) is 16.2. The Balaban J connectivity index is 1.60. The average Bonchev–Trinajstić information content (AvgIpc) is 3.41. The minimum absolute atomic E-state index is 0.0129. The molecule has 0 aliphatic heterocycles. The number of nitrogens with one attached hydrogen (secondary N) is 1. The van der Waals surface area contributed by atoms with Crippen molar-refractivity contribution in [2.24, 2.45) is 11.0 Å². The third-order valence-electron chi connectivity index (χ3n) is 4.18. The molecule has 4 nitrogen and oxygen atoms in total. The zero-order valence-corrected chi connectivity index (χ0v) is 13.3. The van der Waals surface area contributed by atoms with E-state index in [0.717, 1.165) is 23.4 Å². The maximum atomic E-state index is 12.2. The lowest BCUT2D eigenvalue weighted by molar-refractivity contribution is -0.122. The first-order valence-corrected chi connectivity index (χ1v) is 7.72. The Hall–Kier alpha value is -2.62. The van der Waals surface area contributed by atoms with E-state index < -0.39 is 0 Å². The molecule has 0 bridgehead atoms. The number of rotatable bonds is 5. The summed E-state index contributed by atoms with van der Waals surface area (Å²) >= 11 is 0. The number of methoxy groups -OCH3 is 1. The molecule has 0 heterocycles. The van der Waals surface area contributed by atoms with Crippen LogP contribution in [0.3, 0.4) is 0 Å². The van der Waals surface area contributed by atoms with Gasteiger partial charge in [0.05, 0.1) is 12.8 Å². The Morgan fingerprint density at radius 3 is 2.70 bits per heavy atom. The van der Waals surface area contributed by atoms with Crippen LogP contribution in [0, 0.1) is 5.92 Å². The molecule has 4 heteroatoms. The van der Waals surface area contributed by atoms with Crippen LogP contribution in [0.15, 0.2) is 59.7 Å². The highest BCUT2D eigenvalue weighted by molar-refractivity contribution is 5.99. The Morgan fingerprint density at radius 2 is 1.96 bits per heavy atom. The molecule has 1 fully saturated rings. The van der Waals surface area contributed by atoms with Crippen molar-refractivity contribution >= 4 is 11.6 Å². The van der Waals surface area contributed by atoms with Crippen LogP contribution < -0.4 is 10.2 Å². The molecular weight excluding hydrogens is 288 g/mol. The van der Waals surface area contributed by atoms with Gasteiger partial charge in [-0.15, -0.1) is 0 Å².